The molecule has 0 radical (unpaired) electrons. The Morgan fingerprint density at radius 1 is 1.05 bits per heavy atom. The lowest BCUT2D eigenvalue weighted by atomic mass is 9.43. The third kappa shape index (κ3) is 3.34. The molecule has 1 aromatic carbocycles. The molecule has 11 heteroatoms. The summed E-state index contributed by atoms with van der Waals surface area (Å²) in [6.07, 6.45) is -3.90. The van der Waals surface area contributed by atoms with Crippen molar-refractivity contribution in [1.82, 2.24) is 4.90 Å². The van der Waals surface area contributed by atoms with Gasteiger partial charge in [-0.05, 0) is 44.4 Å². The van der Waals surface area contributed by atoms with Gasteiger partial charge in [0.05, 0.1) is 24.4 Å². The summed E-state index contributed by atoms with van der Waals surface area (Å²) in [6.45, 7) is 2.42. The maximum absolute atomic E-state index is 13.6. The van der Waals surface area contributed by atoms with Crippen molar-refractivity contribution >= 4 is 11.9 Å². The van der Waals surface area contributed by atoms with Crippen LogP contribution in [0.15, 0.2) is 30.3 Å². The predicted octanol–water partition coefficient (Wildman–Crippen LogP) is 0.633. The zero-order valence-corrected chi connectivity index (χ0v) is 25.3. The van der Waals surface area contributed by atoms with Crippen LogP contribution in [-0.2, 0) is 28.5 Å². The van der Waals surface area contributed by atoms with Gasteiger partial charge >= 0.3 is 11.9 Å². The molecule has 14 atom stereocenters. The maximum Gasteiger partial charge on any atom is 0.338 e. The molecule has 7 bridgehead atoms. The van der Waals surface area contributed by atoms with Crippen molar-refractivity contribution in [2.75, 3.05) is 41.5 Å². The quantitative estimate of drug-likeness (QED) is 0.379. The van der Waals surface area contributed by atoms with Crippen LogP contribution in [0.25, 0.3) is 0 Å². The Labute approximate surface area is 251 Å². The van der Waals surface area contributed by atoms with Crippen molar-refractivity contribution in [3.63, 3.8) is 0 Å². The molecule has 5 aliphatic carbocycles. The van der Waals surface area contributed by atoms with Crippen molar-refractivity contribution in [2.24, 2.45) is 34.5 Å². The Morgan fingerprint density at radius 2 is 1.77 bits per heavy atom. The van der Waals surface area contributed by atoms with Gasteiger partial charge in [-0.15, -0.1) is 0 Å². The number of hydrogen-bond acceptors (Lipinski definition) is 11. The monoisotopic (exact) mass is 601 g/mol. The van der Waals surface area contributed by atoms with Crippen molar-refractivity contribution < 1.29 is 48.6 Å². The first-order chi connectivity index (χ1) is 20.5. The van der Waals surface area contributed by atoms with Gasteiger partial charge in [0.2, 0.25) is 0 Å². The summed E-state index contributed by atoms with van der Waals surface area (Å²) in [4.78, 5) is 28.9. The lowest BCUT2D eigenvalue weighted by Gasteiger charge is -2.68. The Bertz CT molecular complexity index is 1300. The molecule has 1 aliphatic heterocycles. The highest BCUT2D eigenvalue weighted by atomic mass is 16.6. The first kappa shape index (κ1) is 29.6. The highest BCUT2D eigenvalue weighted by Gasteiger charge is 2.91. The van der Waals surface area contributed by atoms with E-state index in [9.17, 15) is 24.9 Å². The fraction of sp³-hybridized carbons (Fsp3) is 0.750. The van der Waals surface area contributed by atoms with E-state index in [0.29, 0.717) is 31.6 Å². The number of likely N-dealkylation sites (tertiary alicyclic amines) is 1. The van der Waals surface area contributed by atoms with E-state index < -0.39 is 82.2 Å². The van der Waals surface area contributed by atoms with Crippen LogP contribution in [0.2, 0.25) is 0 Å². The SMILES string of the molecule is COC[C@@]12CC[C@H](O)[C@]34C([C@H]([C@H](OC)[C@H]13)[C@]1(OC(C)=O)[C@H]3[C@@H](OC(=O)c5ccccc5)[C@](O)(C[C@H]34)[C@@H](OC)[C@@H]1O)N(C)C2. The topological polar surface area (TPSA) is 144 Å². The number of ether oxygens (including phenoxy) is 5. The number of hydrogen-bond donors (Lipinski definition) is 3. The van der Waals surface area contributed by atoms with Crippen molar-refractivity contribution in [1.29, 1.82) is 0 Å². The number of piperidine rings is 1. The van der Waals surface area contributed by atoms with Crippen LogP contribution in [0.3, 0.4) is 0 Å². The van der Waals surface area contributed by atoms with Gasteiger partial charge in [-0.2, -0.15) is 0 Å². The van der Waals surface area contributed by atoms with Crippen LogP contribution in [-0.4, -0.2) is 121 Å². The van der Waals surface area contributed by atoms with E-state index in [2.05, 4.69) is 4.90 Å². The number of esters is 2. The first-order valence-electron chi connectivity index (χ1n) is 15.3. The Balaban J connectivity index is 1.50. The van der Waals surface area contributed by atoms with Crippen LogP contribution < -0.4 is 0 Å². The molecule has 1 spiro atoms. The van der Waals surface area contributed by atoms with Gasteiger partial charge in [-0.3, -0.25) is 4.79 Å². The van der Waals surface area contributed by atoms with Gasteiger partial charge in [-0.25, -0.2) is 4.79 Å². The Hall–Kier alpha value is -2.12. The summed E-state index contributed by atoms with van der Waals surface area (Å²) in [6, 6.07) is 8.15. The van der Waals surface area contributed by atoms with Crippen molar-refractivity contribution in [2.45, 2.75) is 73.9 Å². The Kier molecular flexibility index (Phi) is 6.67. The fourth-order valence-electron chi connectivity index (χ4n) is 12.0. The molecule has 5 saturated carbocycles. The number of nitrogens with zero attached hydrogens (tertiary/aromatic N) is 1. The number of carbonyl (C=O) groups is 2. The molecule has 236 valence electrons. The average Bonchev–Trinajstić information content (AvgIpc) is 3.37. The molecule has 3 N–H and O–H groups in total. The maximum atomic E-state index is 13.6. The van der Waals surface area contributed by atoms with Crippen molar-refractivity contribution in [3.05, 3.63) is 35.9 Å². The zero-order valence-electron chi connectivity index (χ0n) is 25.3. The number of aliphatic hydroxyl groups excluding tert-OH is 2. The van der Waals surface area contributed by atoms with Crippen LogP contribution in [0.1, 0.15) is 36.5 Å². The molecular weight excluding hydrogens is 558 g/mol. The molecule has 0 aromatic heterocycles. The van der Waals surface area contributed by atoms with E-state index >= 15 is 0 Å². The molecule has 7 rings (SSSR count). The molecule has 6 fully saturated rings. The molecular formula is C32H43NO10. The van der Waals surface area contributed by atoms with E-state index in [1.54, 1.807) is 44.6 Å². The van der Waals surface area contributed by atoms with Crippen LogP contribution in [0.5, 0.6) is 0 Å². The largest absolute Gasteiger partial charge is 0.455 e. The van der Waals surface area contributed by atoms with Crippen molar-refractivity contribution in [3.8, 4) is 0 Å². The molecule has 11 nitrogen and oxygen atoms in total. The molecule has 0 amide bonds. The van der Waals surface area contributed by atoms with Crippen LogP contribution >= 0.6 is 0 Å². The Morgan fingerprint density at radius 3 is 2.40 bits per heavy atom. The molecule has 1 aromatic rings. The van der Waals surface area contributed by atoms with E-state index in [1.165, 1.54) is 14.0 Å². The second-order valence-electron chi connectivity index (χ2n) is 14.0. The van der Waals surface area contributed by atoms with Crippen LogP contribution in [0.4, 0.5) is 0 Å². The molecule has 1 heterocycles. The third-order valence-corrected chi connectivity index (χ3v) is 12.5. The normalized spacial score (nSPS) is 50.8. The number of aliphatic hydroxyl groups is 3. The highest BCUT2D eigenvalue weighted by molar-refractivity contribution is 5.89. The van der Waals surface area contributed by atoms with Gasteiger partial charge in [0.25, 0.3) is 0 Å². The van der Waals surface area contributed by atoms with Gasteiger partial charge in [0.1, 0.15) is 23.9 Å². The van der Waals surface area contributed by atoms with Crippen LogP contribution in [0, 0.1) is 34.5 Å². The summed E-state index contributed by atoms with van der Waals surface area (Å²) in [5.41, 5.74) is -4.37. The lowest BCUT2D eigenvalue weighted by molar-refractivity contribution is -0.315. The van der Waals surface area contributed by atoms with Gasteiger partial charge in [0, 0.05) is 69.4 Å². The van der Waals surface area contributed by atoms with E-state index in [4.69, 9.17) is 23.7 Å². The number of benzene rings is 1. The smallest absolute Gasteiger partial charge is 0.338 e. The molecule has 6 aliphatic rings. The highest BCUT2D eigenvalue weighted by Crippen LogP contribution is 2.80. The standard InChI is InChI=1S/C32H43NO10/c1-16(34)43-32-20-18(13-30(38,27(41-5)25(32)36)26(20)42-28(37)17-9-7-6-8-10-17)31-19(35)11-12-29(15-39-3)14-33(2)24(31)21(32)22(40-4)23(29)31/h6-10,18-27,35-36,38H,11-15H2,1-5H3/t18-,19+,20-,21+,22+,23-,24?,25+,26-,27+,29+,30-,31+,32-/m1/s1. The number of carbonyl (C=O) groups excluding carboxylic acids is 2. The second kappa shape index (κ2) is 9.69. The second-order valence-corrected chi connectivity index (χ2v) is 14.0. The minimum atomic E-state index is -1.81. The van der Waals surface area contributed by atoms with E-state index in [-0.39, 0.29) is 18.4 Å². The van der Waals surface area contributed by atoms with Gasteiger partial charge < -0.3 is 43.9 Å². The predicted molar refractivity (Wildman–Crippen MR) is 150 cm³/mol. The van der Waals surface area contributed by atoms with Gasteiger partial charge in [-0.1, -0.05) is 18.2 Å². The summed E-state index contributed by atoms with van der Waals surface area (Å²) in [7, 11) is 6.70. The molecule has 43 heavy (non-hydrogen) atoms. The summed E-state index contributed by atoms with van der Waals surface area (Å²) in [5.74, 6) is -3.45. The number of fused-ring (bicyclic) bond motifs is 2. The fourth-order valence-corrected chi connectivity index (χ4v) is 12.0. The molecule has 1 saturated heterocycles. The summed E-state index contributed by atoms with van der Waals surface area (Å²) >= 11 is 0. The minimum Gasteiger partial charge on any atom is -0.455 e. The summed E-state index contributed by atoms with van der Waals surface area (Å²) < 4.78 is 30.7. The number of methoxy groups -OCH3 is 3. The lowest BCUT2D eigenvalue weighted by Crippen LogP contribution is -2.80. The minimum absolute atomic E-state index is 0.0765. The first-order valence-corrected chi connectivity index (χ1v) is 15.3. The zero-order chi connectivity index (χ0) is 30.7. The van der Waals surface area contributed by atoms with Gasteiger partial charge in [0.15, 0.2) is 5.60 Å². The average molecular weight is 602 g/mol. The van der Waals surface area contributed by atoms with E-state index in [1.807, 2.05) is 7.05 Å². The summed E-state index contributed by atoms with van der Waals surface area (Å²) in [5, 5.41) is 37.1. The number of rotatable bonds is 7. The van der Waals surface area contributed by atoms with E-state index in [0.717, 1.165) is 0 Å². The molecule has 1 unspecified atom stereocenters. The third-order valence-electron chi connectivity index (χ3n) is 12.5.